The Kier molecular flexibility index (Phi) is 2.59. The lowest BCUT2D eigenvalue weighted by molar-refractivity contribution is 0.0641. The Morgan fingerprint density at radius 2 is 1.73 bits per heavy atom. The van der Waals surface area contributed by atoms with Crippen molar-refractivity contribution in [2.45, 2.75) is 13.5 Å². The number of aryl methyl sites for hydroxylation is 1. The van der Waals surface area contributed by atoms with Crippen molar-refractivity contribution in [3.63, 3.8) is 0 Å². The molecule has 0 bridgehead atoms. The van der Waals surface area contributed by atoms with E-state index in [1.807, 2.05) is 25.3 Å². The number of pyridine rings is 1. The maximum atomic E-state index is 12.4. The Bertz CT molecular complexity index is 894. The smallest absolute Gasteiger partial charge is 0.261 e. The zero-order valence-corrected chi connectivity index (χ0v) is 11.9. The van der Waals surface area contributed by atoms with Crippen LogP contribution in [0.25, 0.3) is 5.52 Å². The predicted octanol–water partition coefficient (Wildman–Crippen LogP) is 1.83. The van der Waals surface area contributed by atoms with Crippen LogP contribution in [-0.4, -0.2) is 31.5 Å². The first kappa shape index (κ1) is 12.7. The fraction of sp³-hybridized carbons (Fsp3) is 0.125. The van der Waals surface area contributed by atoms with E-state index >= 15 is 0 Å². The summed E-state index contributed by atoms with van der Waals surface area (Å²) in [6.07, 6.45) is 1.81. The lowest BCUT2D eigenvalue weighted by Crippen LogP contribution is -2.29. The van der Waals surface area contributed by atoms with Crippen LogP contribution in [0.2, 0.25) is 0 Å². The predicted molar refractivity (Wildman–Crippen MR) is 78.4 cm³/mol. The molecule has 0 atom stereocenters. The summed E-state index contributed by atoms with van der Waals surface area (Å²) in [6.45, 7) is 2.10. The normalized spacial score (nSPS) is 14.0. The Morgan fingerprint density at radius 3 is 2.41 bits per heavy atom. The molecule has 0 aliphatic carbocycles. The van der Waals surface area contributed by atoms with Crippen LogP contribution in [-0.2, 0) is 6.54 Å². The summed E-state index contributed by atoms with van der Waals surface area (Å²) in [6, 6.07) is 10.7. The summed E-state index contributed by atoms with van der Waals surface area (Å²) in [7, 11) is 0. The van der Waals surface area contributed by atoms with Gasteiger partial charge in [-0.1, -0.05) is 17.3 Å². The van der Waals surface area contributed by atoms with E-state index in [4.69, 9.17) is 0 Å². The molecule has 0 fully saturated rings. The molecule has 22 heavy (non-hydrogen) atoms. The highest BCUT2D eigenvalue weighted by Crippen LogP contribution is 2.24. The lowest BCUT2D eigenvalue weighted by atomic mass is 10.1. The van der Waals surface area contributed by atoms with Gasteiger partial charge in [-0.05, 0) is 36.8 Å². The van der Waals surface area contributed by atoms with Crippen LogP contribution in [0.3, 0.4) is 0 Å². The Morgan fingerprint density at radius 1 is 1.05 bits per heavy atom. The van der Waals surface area contributed by atoms with Crippen molar-refractivity contribution in [1.29, 1.82) is 0 Å². The average Bonchev–Trinajstić information content (AvgIpc) is 3.03. The highest BCUT2D eigenvalue weighted by Gasteiger charge is 2.35. The molecule has 0 spiro atoms. The van der Waals surface area contributed by atoms with E-state index in [2.05, 4.69) is 10.3 Å². The molecule has 6 nitrogen and oxygen atoms in total. The molecule has 0 saturated carbocycles. The van der Waals surface area contributed by atoms with Crippen LogP contribution < -0.4 is 0 Å². The molecule has 1 aliphatic rings. The minimum Gasteiger partial charge on any atom is -0.269 e. The van der Waals surface area contributed by atoms with Crippen LogP contribution in [0.1, 0.15) is 32.0 Å². The number of amides is 2. The van der Waals surface area contributed by atoms with Gasteiger partial charge < -0.3 is 0 Å². The van der Waals surface area contributed by atoms with E-state index in [1.54, 1.807) is 28.8 Å². The van der Waals surface area contributed by atoms with E-state index in [-0.39, 0.29) is 18.4 Å². The molecule has 2 aromatic heterocycles. The minimum atomic E-state index is -0.283. The molecule has 4 rings (SSSR count). The molecular formula is C16H12N4O2. The molecule has 1 aromatic carbocycles. The van der Waals surface area contributed by atoms with Crippen molar-refractivity contribution < 1.29 is 9.59 Å². The molecule has 0 unspecified atom stereocenters. The van der Waals surface area contributed by atoms with Crippen LogP contribution in [0.15, 0.2) is 42.6 Å². The molecule has 6 heteroatoms. The van der Waals surface area contributed by atoms with E-state index in [1.165, 1.54) is 4.90 Å². The van der Waals surface area contributed by atoms with Crippen LogP contribution in [0, 0.1) is 6.92 Å². The maximum Gasteiger partial charge on any atom is 0.261 e. The van der Waals surface area contributed by atoms with Crippen molar-refractivity contribution in [2.24, 2.45) is 0 Å². The number of nitrogens with zero attached hydrogens (tertiary/aromatic N) is 4. The highest BCUT2D eigenvalue weighted by atomic mass is 16.2. The largest absolute Gasteiger partial charge is 0.269 e. The van der Waals surface area contributed by atoms with Gasteiger partial charge in [-0.3, -0.25) is 14.5 Å². The van der Waals surface area contributed by atoms with Gasteiger partial charge in [-0.25, -0.2) is 4.52 Å². The van der Waals surface area contributed by atoms with Crippen LogP contribution in [0.4, 0.5) is 0 Å². The molecule has 3 heterocycles. The van der Waals surface area contributed by atoms with Gasteiger partial charge in [0, 0.05) is 6.20 Å². The standard InChI is InChI=1S/C16H12N4O2/c1-10-6-7-20-14(8-10)13(17-18-20)9-19-15(21)11-4-2-3-5-12(11)16(19)22/h2-8H,9H2,1H3. The molecule has 0 saturated heterocycles. The van der Waals surface area contributed by atoms with Gasteiger partial charge in [0.25, 0.3) is 11.8 Å². The van der Waals surface area contributed by atoms with Gasteiger partial charge in [0.2, 0.25) is 0 Å². The minimum absolute atomic E-state index is 0.124. The van der Waals surface area contributed by atoms with Crippen LogP contribution in [0.5, 0.6) is 0 Å². The monoisotopic (exact) mass is 292 g/mol. The second-order valence-corrected chi connectivity index (χ2v) is 5.31. The highest BCUT2D eigenvalue weighted by molar-refractivity contribution is 6.21. The van der Waals surface area contributed by atoms with Gasteiger partial charge in [0.15, 0.2) is 0 Å². The second kappa shape index (κ2) is 4.49. The third kappa shape index (κ3) is 1.74. The quantitative estimate of drug-likeness (QED) is 0.676. The molecule has 0 N–H and O–H groups in total. The summed E-state index contributed by atoms with van der Waals surface area (Å²) in [5.74, 6) is -0.566. The number of rotatable bonds is 2. The third-order valence-corrected chi connectivity index (χ3v) is 3.83. The summed E-state index contributed by atoms with van der Waals surface area (Å²) in [4.78, 5) is 26.0. The molecular weight excluding hydrogens is 280 g/mol. The van der Waals surface area contributed by atoms with Crippen molar-refractivity contribution in [1.82, 2.24) is 19.7 Å². The summed E-state index contributed by atoms with van der Waals surface area (Å²) in [5, 5.41) is 8.12. The number of hydrogen-bond acceptors (Lipinski definition) is 4. The Balaban J connectivity index is 1.74. The number of imide groups is 1. The summed E-state index contributed by atoms with van der Waals surface area (Å²) >= 11 is 0. The van der Waals surface area contributed by atoms with Gasteiger partial charge in [0.1, 0.15) is 5.69 Å². The first-order chi connectivity index (χ1) is 10.6. The van der Waals surface area contributed by atoms with E-state index < -0.39 is 0 Å². The molecule has 1 aliphatic heterocycles. The van der Waals surface area contributed by atoms with Gasteiger partial charge in [0.05, 0.1) is 23.2 Å². The molecule has 3 aromatic rings. The summed E-state index contributed by atoms with van der Waals surface area (Å²) in [5.41, 5.74) is 3.37. The van der Waals surface area contributed by atoms with Crippen LogP contribution >= 0.6 is 0 Å². The van der Waals surface area contributed by atoms with Crippen molar-refractivity contribution in [3.8, 4) is 0 Å². The summed E-state index contributed by atoms with van der Waals surface area (Å²) < 4.78 is 1.64. The second-order valence-electron chi connectivity index (χ2n) is 5.31. The van der Waals surface area contributed by atoms with Gasteiger partial charge >= 0.3 is 0 Å². The average molecular weight is 292 g/mol. The molecule has 2 amide bonds. The first-order valence-corrected chi connectivity index (χ1v) is 6.91. The number of hydrogen-bond donors (Lipinski definition) is 0. The lowest BCUT2D eigenvalue weighted by Gasteiger charge is -2.11. The van der Waals surface area contributed by atoms with Gasteiger partial charge in [-0.15, -0.1) is 5.10 Å². The number of carbonyl (C=O) groups is 2. The number of aromatic nitrogens is 3. The molecule has 0 radical (unpaired) electrons. The maximum absolute atomic E-state index is 12.4. The zero-order valence-electron chi connectivity index (χ0n) is 11.9. The van der Waals surface area contributed by atoms with E-state index in [9.17, 15) is 9.59 Å². The van der Waals surface area contributed by atoms with E-state index in [0.717, 1.165) is 11.1 Å². The number of benzene rings is 1. The van der Waals surface area contributed by atoms with Crippen molar-refractivity contribution >= 4 is 17.3 Å². The number of fused-ring (bicyclic) bond motifs is 2. The topological polar surface area (TPSA) is 67.6 Å². The van der Waals surface area contributed by atoms with Crippen molar-refractivity contribution in [2.75, 3.05) is 0 Å². The van der Waals surface area contributed by atoms with Crippen molar-refractivity contribution in [3.05, 3.63) is 65.0 Å². The number of carbonyl (C=O) groups excluding carboxylic acids is 2. The fourth-order valence-corrected chi connectivity index (χ4v) is 2.69. The Hall–Kier alpha value is -3.02. The SMILES string of the molecule is Cc1ccn2nnc(CN3C(=O)c4ccccc4C3=O)c2c1. The van der Waals surface area contributed by atoms with Gasteiger partial charge in [-0.2, -0.15) is 0 Å². The fourth-order valence-electron chi connectivity index (χ4n) is 2.69. The Labute approximate surface area is 126 Å². The third-order valence-electron chi connectivity index (χ3n) is 3.83. The van der Waals surface area contributed by atoms with E-state index in [0.29, 0.717) is 16.8 Å². The molecule has 108 valence electrons. The zero-order chi connectivity index (χ0) is 15.3. The first-order valence-electron chi connectivity index (χ1n) is 6.91.